The molecule has 0 spiro atoms. The molecule has 0 aliphatic carbocycles. The number of aromatic nitrogens is 1. The zero-order valence-electron chi connectivity index (χ0n) is 20.0. The topological polar surface area (TPSA) is 45.6 Å². The number of methoxy groups -OCH3 is 1. The normalized spacial score (nSPS) is 21.1. The Bertz CT molecular complexity index is 857. The molecule has 1 saturated heterocycles. The van der Waals surface area contributed by atoms with Gasteiger partial charge in [0.15, 0.2) is 0 Å². The number of benzene rings is 1. The van der Waals surface area contributed by atoms with Gasteiger partial charge in [0.1, 0.15) is 11.9 Å². The van der Waals surface area contributed by atoms with E-state index in [0.717, 1.165) is 43.4 Å². The lowest BCUT2D eigenvalue weighted by Crippen LogP contribution is -2.42. The zero-order valence-corrected chi connectivity index (χ0v) is 20.8. The minimum Gasteiger partial charge on any atom is -0.497 e. The molecule has 3 atom stereocenters. The Morgan fingerprint density at radius 2 is 2.09 bits per heavy atom. The average molecular weight is 463 g/mol. The number of hydrogen-bond acceptors (Lipinski definition) is 5. The first-order chi connectivity index (χ1) is 15.3. The van der Waals surface area contributed by atoms with E-state index < -0.39 is 6.17 Å². The summed E-state index contributed by atoms with van der Waals surface area (Å²) in [5.74, 6) is 2.50. The number of likely N-dealkylation sites (tertiary alicyclic amines) is 1. The molecule has 4 nitrogen and oxygen atoms in total. The minimum absolute atomic E-state index is 0.185. The van der Waals surface area contributed by atoms with Gasteiger partial charge in [-0.25, -0.2) is 4.39 Å². The monoisotopic (exact) mass is 462 g/mol. The maximum Gasteiger partial charge on any atom is 0.126 e. The summed E-state index contributed by atoms with van der Waals surface area (Å²) in [5, 5.41) is 10.8. The number of fused-ring (bicyclic) bond motifs is 1. The molecule has 0 saturated carbocycles. The molecule has 0 radical (unpaired) electrons. The number of thioether (sulfide) groups is 1. The zero-order chi connectivity index (χ0) is 23.1. The fourth-order valence-corrected chi connectivity index (χ4v) is 5.56. The lowest BCUT2D eigenvalue weighted by atomic mass is 9.81. The van der Waals surface area contributed by atoms with E-state index in [-0.39, 0.29) is 12.5 Å². The second-order valence-electron chi connectivity index (χ2n) is 9.93. The number of aliphatic hydroxyl groups excluding tert-OH is 1. The van der Waals surface area contributed by atoms with Crippen molar-refractivity contribution in [2.24, 2.45) is 11.8 Å². The summed E-state index contributed by atoms with van der Waals surface area (Å²) in [7, 11) is 1.62. The largest absolute Gasteiger partial charge is 0.497 e. The molecule has 178 valence electrons. The van der Waals surface area contributed by atoms with Crippen LogP contribution in [-0.2, 0) is 0 Å². The van der Waals surface area contributed by atoms with Crippen LogP contribution in [0.15, 0.2) is 30.5 Å². The Morgan fingerprint density at radius 1 is 1.28 bits per heavy atom. The van der Waals surface area contributed by atoms with Crippen LogP contribution in [0.5, 0.6) is 5.75 Å². The maximum absolute atomic E-state index is 15.3. The molecule has 32 heavy (non-hydrogen) atoms. The van der Waals surface area contributed by atoms with Crippen molar-refractivity contribution in [1.82, 2.24) is 9.88 Å². The molecule has 0 bridgehead atoms. The Hall–Kier alpha value is -1.37. The van der Waals surface area contributed by atoms with Gasteiger partial charge < -0.3 is 14.7 Å². The molecular formula is C26H39FN2O2S. The molecule has 1 aromatic heterocycles. The van der Waals surface area contributed by atoms with Gasteiger partial charge in [-0.2, -0.15) is 11.8 Å². The van der Waals surface area contributed by atoms with Gasteiger partial charge >= 0.3 is 0 Å². The molecule has 1 fully saturated rings. The molecule has 6 heteroatoms. The van der Waals surface area contributed by atoms with Crippen molar-refractivity contribution in [1.29, 1.82) is 0 Å². The number of hydrogen-bond donors (Lipinski definition) is 1. The van der Waals surface area contributed by atoms with Crippen LogP contribution in [0, 0.1) is 11.8 Å². The molecule has 1 aromatic carbocycles. The van der Waals surface area contributed by atoms with Crippen LogP contribution in [0.1, 0.15) is 58.2 Å². The Balaban J connectivity index is 1.53. The van der Waals surface area contributed by atoms with E-state index >= 15 is 4.39 Å². The third kappa shape index (κ3) is 7.06. The highest BCUT2D eigenvalue weighted by molar-refractivity contribution is 8.00. The van der Waals surface area contributed by atoms with Gasteiger partial charge in [-0.05, 0) is 86.2 Å². The summed E-state index contributed by atoms with van der Waals surface area (Å²) in [6.45, 7) is 10.0. The van der Waals surface area contributed by atoms with Crippen LogP contribution in [0.3, 0.4) is 0 Å². The highest BCUT2D eigenvalue weighted by Gasteiger charge is 2.29. The highest BCUT2D eigenvalue weighted by atomic mass is 32.2. The molecule has 0 unspecified atom stereocenters. The quantitative estimate of drug-likeness (QED) is 0.446. The maximum atomic E-state index is 15.3. The Morgan fingerprint density at radius 3 is 2.81 bits per heavy atom. The van der Waals surface area contributed by atoms with Crippen LogP contribution in [0.2, 0.25) is 0 Å². The van der Waals surface area contributed by atoms with Crippen LogP contribution < -0.4 is 4.74 Å². The number of pyridine rings is 1. The number of alkyl halides is 1. The fraction of sp³-hybridized carbons (Fsp3) is 0.654. The van der Waals surface area contributed by atoms with Gasteiger partial charge in [-0.15, -0.1) is 0 Å². The standard InChI is InChI=1S/C26H39FN2O2S/c1-26(2,3)32-15-5-13-29-14-11-19(20(17-29)18-30)6-8-24(27)22-10-12-28-25-9-7-21(31-4)16-23(22)25/h7,9-10,12,16,19-20,24,30H,5-6,8,11,13-15,17-18H2,1-4H3/t19-,20-,24-/m1/s1. The van der Waals surface area contributed by atoms with Crippen molar-refractivity contribution in [2.45, 2.75) is 57.4 Å². The highest BCUT2D eigenvalue weighted by Crippen LogP contribution is 2.35. The summed E-state index contributed by atoms with van der Waals surface area (Å²) in [6.07, 6.45) is 4.13. The molecule has 1 aliphatic rings. The molecule has 2 heterocycles. The fourth-order valence-electron chi connectivity index (χ4n) is 4.68. The number of piperidine rings is 1. The van der Waals surface area contributed by atoms with Gasteiger partial charge in [0.05, 0.1) is 12.6 Å². The van der Waals surface area contributed by atoms with Crippen molar-refractivity contribution >= 4 is 22.7 Å². The summed E-state index contributed by atoms with van der Waals surface area (Å²) in [6, 6.07) is 7.39. The van der Waals surface area contributed by atoms with E-state index in [1.54, 1.807) is 19.4 Å². The molecule has 1 N–H and O–H groups in total. The van der Waals surface area contributed by atoms with Crippen molar-refractivity contribution < 1.29 is 14.2 Å². The smallest absolute Gasteiger partial charge is 0.126 e. The summed E-state index contributed by atoms with van der Waals surface area (Å²) in [5.41, 5.74) is 1.47. The second kappa shape index (κ2) is 11.7. The first-order valence-electron chi connectivity index (χ1n) is 11.8. The van der Waals surface area contributed by atoms with Crippen molar-refractivity contribution in [3.63, 3.8) is 0 Å². The predicted molar refractivity (Wildman–Crippen MR) is 133 cm³/mol. The second-order valence-corrected chi connectivity index (χ2v) is 11.9. The molecule has 3 rings (SSSR count). The van der Waals surface area contributed by atoms with E-state index in [1.807, 2.05) is 30.0 Å². The van der Waals surface area contributed by atoms with E-state index in [2.05, 4.69) is 30.7 Å². The third-order valence-electron chi connectivity index (χ3n) is 6.47. The third-order valence-corrected chi connectivity index (χ3v) is 7.83. The van der Waals surface area contributed by atoms with Crippen LogP contribution >= 0.6 is 11.8 Å². The average Bonchev–Trinajstić information content (AvgIpc) is 2.79. The van der Waals surface area contributed by atoms with E-state index in [1.165, 1.54) is 12.2 Å². The van der Waals surface area contributed by atoms with E-state index in [0.29, 0.717) is 28.4 Å². The van der Waals surface area contributed by atoms with Gasteiger partial charge in [-0.3, -0.25) is 4.98 Å². The minimum atomic E-state index is -1.04. The Labute approximate surface area is 196 Å². The van der Waals surface area contributed by atoms with Crippen LogP contribution in [-0.4, -0.2) is 58.8 Å². The van der Waals surface area contributed by atoms with Crippen LogP contribution in [0.4, 0.5) is 4.39 Å². The van der Waals surface area contributed by atoms with Gasteiger partial charge in [0, 0.05) is 29.5 Å². The van der Waals surface area contributed by atoms with Gasteiger partial charge in [-0.1, -0.05) is 20.8 Å². The summed E-state index contributed by atoms with van der Waals surface area (Å²) < 4.78 is 21.0. The molecule has 2 aromatic rings. The predicted octanol–water partition coefficient (Wildman–Crippen LogP) is 5.89. The molecule has 0 amide bonds. The number of halogens is 1. The van der Waals surface area contributed by atoms with Gasteiger partial charge in [0.2, 0.25) is 0 Å². The SMILES string of the molecule is COc1ccc2nccc([C@H](F)CC[C@@H]3CCN(CCCSC(C)(C)C)C[C@@H]3CO)c2c1. The number of nitrogens with zero attached hydrogens (tertiary/aromatic N) is 2. The molecule has 1 aliphatic heterocycles. The van der Waals surface area contributed by atoms with Crippen molar-refractivity contribution in [3.8, 4) is 5.75 Å². The lowest BCUT2D eigenvalue weighted by Gasteiger charge is -2.38. The number of ether oxygens (including phenoxy) is 1. The lowest BCUT2D eigenvalue weighted by molar-refractivity contribution is 0.0640. The number of rotatable bonds is 10. The first kappa shape index (κ1) is 25.3. The Kier molecular flexibility index (Phi) is 9.21. The first-order valence-corrected chi connectivity index (χ1v) is 12.8. The van der Waals surface area contributed by atoms with E-state index in [4.69, 9.17) is 4.74 Å². The van der Waals surface area contributed by atoms with Crippen molar-refractivity contribution in [3.05, 3.63) is 36.0 Å². The number of aliphatic hydroxyl groups is 1. The summed E-state index contributed by atoms with van der Waals surface area (Å²) in [4.78, 5) is 6.85. The van der Waals surface area contributed by atoms with Crippen molar-refractivity contribution in [2.75, 3.05) is 39.1 Å². The van der Waals surface area contributed by atoms with Crippen LogP contribution in [0.25, 0.3) is 10.9 Å². The summed E-state index contributed by atoms with van der Waals surface area (Å²) >= 11 is 2.01. The van der Waals surface area contributed by atoms with E-state index in [9.17, 15) is 5.11 Å². The van der Waals surface area contributed by atoms with Gasteiger partial charge in [0.25, 0.3) is 0 Å². The molecular weight excluding hydrogens is 423 g/mol.